The average molecular weight is 492 g/mol. The zero-order valence-corrected chi connectivity index (χ0v) is 15.2. The molecule has 1 aliphatic heterocycles. The molecule has 0 N–H and O–H groups in total. The summed E-state index contributed by atoms with van der Waals surface area (Å²) in [7, 11) is 0. The van der Waals surface area contributed by atoms with E-state index in [0.29, 0.717) is 0 Å². The van der Waals surface area contributed by atoms with E-state index in [0.717, 1.165) is 37.8 Å². The molecule has 1 aliphatic rings. The van der Waals surface area contributed by atoms with Gasteiger partial charge in [0.1, 0.15) is 11.6 Å². The number of piperazine rings is 1. The topological polar surface area (TPSA) is 32.3 Å². The van der Waals surface area contributed by atoms with E-state index in [2.05, 4.69) is 77.1 Å². The van der Waals surface area contributed by atoms with Crippen molar-refractivity contribution < 1.29 is 0 Å². The smallest absolute Gasteiger partial charge is 0.142 e. The van der Waals surface area contributed by atoms with E-state index >= 15 is 0 Å². The van der Waals surface area contributed by atoms with Crippen molar-refractivity contribution in [2.45, 2.75) is 0 Å². The fraction of sp³-hybridized carbons (Fsp3) is 0.286. The summed E-state index contributed by atoms with van der Waals surface area (Å²) >= 11 is 4.71. The van der Waals surface area contributed by atoms with Crippen molar-refractivity contribution in [2.24, 2.45) is 0 Å². The van der Waals surface area contributed by atoms with Crippen LogP contribution in [0.25, 0.3) is 0 Å². The van der Waals surface area contributed by atoms with Crippen molar-refractivity contribution in [3.63, 3.8) is 0 Å². The molecule has 0 aliphatic carbocycles. The largest absolute Gasteiger partial charge is 0.352 e. The lowest BCUT2D eigenvalue weighted by atomic mass is 10.3. The third-order valence-electron chi connectivity index (χ3n) is 3.36. The highest BCUT2D eigenvalue weighted by Gasteiger charge is 2.21. The zero-order valence-electron chi connectivity index (χ0n) is 10.8. The van der Waals surface area contributed by atoms with E-state index in [1.54, 1.807) is 0 Å². The molecule has 2 aromatic rings. The van der Waals surface area contributed by atoms with Crippen LogP contribution < -0.4 is 9.80 Å². The predicted molar refractivity (Wildman–Crippen MR) is 98.3 cm³/mol. The molecule has 0 aromatic carbocycles. The molecule has 1 saturated heterocycles. The van der Waals surface area contributed by atoms with Gasteiger partial charge in [0, 0.05) is 38.6 Å². The first-order valence-electron chi connectivity index (χ1n) is 6.46. The standard InChI is InChI=1S/C14H14I2N4/c15-11-3-1-5-17-13(11)19-7-9-20(10-8-19)14-12(16)4-2-6-18-14/h1-6H,7-10H2. The molecule has 0 saturated carbocycles. The van der Waals surface area contributed by atoms with Crippen LogP contribution in [-0.4, -0.2) is 36.1 Å². The van der Waals surface area contributed by atoms with Gasteiger partial charge in [-0.25, -0.2) is 9.97 Å². The Bertz CT molecular complexity index is 544. The summed E-state index contributed by atoms with van der Waals surface area (Å²) in [6.07, 6.45) is 3.73. The highest BCUT2D eigenvalue weighted by Crippen LogP contribution is 2.24. The Morgan fingerprint density at radius 3 is 1.50 bits per heavy atom. The van der Waals surface area contributed by atoms with Gasteiger partial charge in [0.2, 0.25) is 0 Å². The van der Waals surface area contributed by atoms with E-state index < -0.39 is 0 Å². The summed E-state index contributed by atoms with van der Waals surface area (Å²) in [5, 5.41) is 0. The first kappa shape index (κ1) is 14.3. The van der Waals surface area contributed by atoms with Crippen LogP contribution in [-0.2, 0) is 0 Å². The molecule has 4 nitrogen and oxygen atoms in total. The van der Waals surface area contributed by atoms with E-state index in [9.17, 15) is 0 Å². The molecule has 104 valence electrons. The average Bonchev–Trinajstić information content (AvgIpc) is 2.49. The van der Waals surface area contributed by atoms with Crippen molar-refractivity contribution in [1.82, 2.24) is 9.97 Å². The third kappa shape index (κ3) is 3.00. The lowest BCUT2D eigenvalue weighted by Crippen LogP contribution is -2.47. The summed E-state index contributed by atoms with van der Waals surface area (Å²) in [6, 6.07) is 8.18. The van der Waals surface area contributed by atoms with E-state index in [-0.39, 0.29) is 0 Å². The number of anilines is 2. The summed E-state index contributed by atoms with van der Waals surface area (Å²) in [6.45, 7) is 3.94. The fourth-order valence-electron chi connectivity index (χ4n) is 2.35. The highest BCUT2D eigenvalue weighted by molar-refractivity contribution is 14.1. The van der Waals surface area contributed by atoms with Crippen molar-refractivity contribution in [1.29, 1.82) is 0 Å². The van der Waals surface area contributed by atoms with Crippen LogP contribution >= 0.6 is 45.2 Å². The molecule has 3 rings (SSSR count). The normalized spacial score (nSPS) is 15.5. The third-order valence-corrected chi connectivity index (χ3v) is 5.04. The summed E-state index contributed by atoms with van der Waals surface area (Å²) in [5.74, 6) is 2.20. The Hall–Kier alpha value is -0.640. The van der Waals surface area contributed by atoms with Gasteiger partial charge < -0.3 is 9.80 Å². The summed E-state index contributed by atoms with van der Waals surface area (Å²) < 4.78 is 2.43. The monoisotopic (exact) mass is 492 g/mol. The van der Waals surface area contributed by atoms with Gasteiger partial charge in [0.15, 0.2) is 0 Å². The number of nitrogens with zero attached hydrogens (tertiary/aromatic N) is 4. The van der Waals surface area contributed by atoms with Crippen LogP contribution in [0.5, 0.6) is 0 Å². The molecule has 2 aromatic heterocycles. The number of rotatable bonds is 2. The quantitative estimate of drug-likeness (QED) is 0.604. The van der Waals surface area contributed by atoms with Gasteiger partial charge in [0.05, 0.1) is 7.14 Å². The molecule has 0 atom stereocenters. The minimum Gasteiger partial charge on any atom is -0.352 e. The maximum atomic E-state index is 4.50. The molecule has 6 heteroatoms. The molecule has 0 spiro atoms. The molecule has 1 fully saturated rings. The van der Waals surface area contributed by atoms with Crippen LogP contribution in [0.2, 0.25) is 0 Å². The molecule has 0 bridgehead atoms. The van der Waals surface area contributed by atoms with Crippen molar-refractivity contribution in [3.8, 4) is 0 Å². The molecule has 0 amide bonds. The minimum absolute atomic E-state index is 0.986. The molecule has 0 unspecified atom stereocenters. The van der Waals surface area contributed by atoms with Gasteiger partial charge in [-0.1, -0.05) is 0 Å². The maximum absolute atomic E-state index is 4.50. The van der Waals surface area contributed by atoms with Crippen LogP contribution in [0, 0.1) is 7.14 Å². The molecule has 0 radical (unpaired) electrons. The maximum Gasteiger partial charge on any atom is 0.142 e. The lowest BCUT2D eigenvalue weighted by Gasteiger charge is -2.36. The van der Waals surface area contributed by atoms with Crippen LogP contribution in [0.3, 0.4) is 0 Å². The molecule has 3 heterocycles. The van der Waals surface area contributed by atoms with Crippen LogP contribution in [0.1, 0.15) is 0 Å². The number of hydrogen-bond acceptors (Lipinski definition) is 4. The van der Waals surface area contributed by atoms with Crippen LogP contribution in [0.4, 0.5) is 11.6 Å². The second-order valence-electron chi connectivity index (χ2n) is 4.59. The number of pyridine rings is 2. The fourth-order valence-corrected chi connectivity index (χ4v) is 3.73. The summed E-state index contributed by atoms with van der Waals surface area (Å²) in [5.41, 5.74) is 0. The second kappa shape index (κ2) is 6.42. The van der Waals surface area contributed by atoms with Crippen molar-refractivity contribution >= 4 is 56.8 Å². The number of hydrogen-bond donors (Lipinski definition) is 0. The zero-order chi connectivity index (χ0) is 13.9. The Morgan fingerprint density at radius 2 is 1.15 bits per heavy atom. The molecule has 20 heavy (non-hydrogen) atoms. The van der Waals surface area contributed by atoms with E-state index in [1.165, 1.54) is 7.14 Å². The Kier molecular flexibility index (Phi) is 4.59. The van der Waals surface area contributed by atoms with Gasteiger partial charge in [-0.2, -0.15) is 0 Å². The Labute approximate surface area is 145 Å². The van der Waals surface area contributed by atoms with Gasteiger partial charge >= 0.3 is 0 Å². The molecular weight excluding hydrogens is 478 g/mol. The number of halogens is 2. The minimum atomic E-state index is 0.986. The lowest BCUT2D eigenvalue weighted by molar-refractivity contribution is 0.639. The van der Waals surface area contributed by atoms with Crippen molar-refractivity contribution in [3.05, 3.63) is 43.8 Å². The van der Waals surface area contributed by atoms with Gasteiger partial charge in [0.25, 0.3) is 0 Å². The second-order valence-corrected chi connectivity index (χ2v) is 6.92. The van der Waals surface area contributed by atoms with Crippen LogP contribution in [0.15, 0.2) is 36.7 Å². The first-order valence-corrected chi connectivity index (χ1v) is 8.62. The van der Waals surface area contributed by atoms with E-state index in [1.807, 2.05) is 24.5 Å². The Morgan fingerprint density at radius 1 is 0.750 bits per heavy atom. The molecular formula is C14H14I2N4. The van der Waals surface area contributed by atoms with Gasteiger partial charge in [-0.3, -0.25) is 0 Å². The first-order chi connectivity index (χ1) is 9.75. The summed E-state index contributed by atoms with van der Waals surface area (Å²) in [4.78, 5) is 13.7. The van der Waals surface area contributed by atoms with E-state index in [4.69, 9.17) is 0 Å². The van der Waals surface area contributed by atoms with Gasteiger partial charge in [-0.15, -0.1) is 0 Å². The predicted octanol–water partition coefficient (Wildman–Crippen LogP) is 3.01. The van der Waals surface area contributed by atoms with Crippen molar-refractivity contribution in [2.75, 3.05) is 36.0 Å². The SMILES string of the molecule is Ic1cccnc1N1CCN(c2ncccc2I)CC1. The van der Waals surface area contributed by atoms with Gasteiger partial charge in [-0.05, 0) is 69.4 Å². The highest BCUT2D eigenvalue weighted by atomic mass is 127. The Balaban J connectivity index is 1.72. The number of aromatic nitrogens is 2.